The van der Waals surface area contributed by atoms with Gasteiger partial charge in [0.2, 0.25) is 0 Å². The maximum atomic E-state index is 12.5. The van der Waals surface area contributed by atoms with E-state index in [1.807, 2.05) is 24.3 Å². The SMILES string of the molecule is CCCCCCCCCCCN(C)CCCC(=O)OCc1cccc(-c2cccc(COC(=O)CCCN(C)CCCCCCCCCCC)c2)c1. The summed E-state index contributed by atoms with van der Waals surface area (Å²) in [5.41, 5.74) is 4.03. The van der Waals surface area contributed by atoms with Gasteiger partial charge in [-0.15, -0.1) is 0 Å². The predicted octanol–water partition coefficient (Wildman–Crippen LogP) is 11.9. The van der Waals surface area contributed by atoms with Crippen LogP contribution >= 0.6 is 0 Å². The predicted molar refractivity (Wildman–Crippen MR) is 219 cm³/mol. The quantitative estimate of drug-likeness (QED) is 0.0540. The number of carbonyl (C=O) groups is 2. The van der Waals surface area contributed by atoms with E-state index in [1.54, 1.807) is 0 Å². The fraction of sp³-hybridized carbons (Fsp3) is 0.696. The van der Waals surface area contributed by atoms with Gasteiger partial charge in [-0.1, -0.05) is 153 Å². The lowest BCUT2D eigenvalue weighted by molar-refractivity contribution is -0.146. The van der Waals surface area contributed by atoms with Gasteiger partial charge < -0.3 is 19.3 Å². The van der Waals surface area contributed by atoms with Crippen molar-refractivity contribution in [3.05, 3.63) is 59.7 Å². The molecule has 52 heavy (non-hydrogen) atoms. The van der Waals surface area contributed by atoms with E-state index in [2.05, 4.69) is 62.0 Å². The molecule has 0 fully saturated rings. The summed E-state index contributed by atoms with van der Waals surface area (Å²) >= 11 is 0. The second-order valence-corrected chi connectivity index (χ2v) is 15.2. The number of carbonyl (C=O) groups excluding carboxylic acids is 2. The Morgan fingerprint density at radius 1 is 0.462 bits per heavy atom. The van der Waals surface area contributed by atoms with Crippen molar-refractivity contribution in [2.75, 3.05) is 40.3 Å². The zero-order valence-corrected chi connectivity index (χ0v) is 33.9. The van der Waals surface area contributed by atoms with Crippen LogP contribution in [0, 0.1) is 0 Å². The van der Waals surface area contributed by atoms with Gasteiger partial charge in [-0.05, 0) is 100 Å². The minimum absolute atomic E-state index is 0.142. The summed E-state index contributed by atoms with van der Waals surface area (Å²) in [5.74, 6) is -0.285. The maximum absolute atomic E-state index is 12.5. The summed E-state index contributed by atoms with van der Waals surface area (Å²) in [7, 11) is 4.31. The van der Waals surface area contributed by atoms with Gasteiger partial charge >= 0.3 is 11.9 Å². The molecule has 0 spiro atoms. The number of rotatable bonds is 33. The van der Waals surface area contributed by atoms with Crippen molar-refractivity contribution in [2.24, 2.45) is 0 Å². The molecule has 0 atom stereocenters. The lowest BCUT2D eigenvalue weighted by atomic mass is 10.0. The van der Waals surface area contributed by atoms with Crippen LogP contribution in [0.25, 0.3) is 11.1 Å². The van der Waals surface area contributed by atoms with Crippen molar-refractivity contribution in [1.29, 1.82) is 0 Å². The Balaban J connectivity index is 1.59. The lowest BCUT2D eigenvalue weighted by Crippen LogP contribution is -2.21. The van der Waals surface area contributed by atoms with Crippen LogP contribution < -0.4 is 0 Å². The van der Waals surface area contributed by atoms with Crippen LogP contribution in [-0.4, -0.2) is 62.0 Å². The number of unbranched alkanes of at least 4 members (excludes halogenated alkanes) is 16. The summed E-state index contributed by atoms with van der Waals surface area (Å²) in [4.78, 5) is 29.6. The van der Waals surface area contributed by atoms with Crippen molar-refractivity contribution >= 4 is 11.9 Å². The molecule has 0 aromatic heterocycles. The number of hydrogen-bond donors (Lipinski definition) is 0. The normalized spacial score (nSPS) is 11.4. The molecular weight excluding hydrogens is 645 g/mol. The van der Waals surface area contributed by atoms with Gasteiger partial charge in [0.25, 0.3) is 0 Å². The molecule has 0 saturated heterocycles. The van der Waals surface area contributed by atoms with Crippen LogP contribution in [0.1, 0.15) is 166 Å². The Kier molecular flexibility index (Phi) is 26.9. The molecule has 0 heterocycles. The van der Waals surface area contributed by atoms with Gasteiger partial charge in [-0.2, -0.15) is 0 Å². The zero-order valence-electron chi connectivity index (χ0n) is 33.9. The molecule has 0 unspecified atom stereocenters. The number of benzene rings is 2. The average molecular weight is 721 g/mol. The number of nitrogens with zero attached hydrogens (tertiary/aromatic N) is 2. The molecule has 2 rings (SSSR count). The van der Waals surface area contributed by atoms with Crippen molar-refractivity contribution in [2.45, 2.75) is 168 Å². The molecule has 0 saturated carbocycles. The Labute approximate surface area is 319 Å². The Morgan fingerprint density at radius 3 is 1.15 bits per heavy atom. The second-order valence-electron chi connectivity index (χ2n) is 15.2. The van der Waals surface area contributed by atoms with E-state index in [0.29, 0.717) is 12.8 Å². The standard InChI is InChI=1S/C46H76N2O4/c1-5-7-9-11-13-15-17-19-21-33-47(3)35-25-31-45(49)51-39-41-27-23-29-43(37-41)44-30-24-28-42(38-44)40-52-46(50)32-26-36-48(4)34-22-20-18-16-14-12-10-8-6-2/h23-24,27-30,37-38H,5-22,25-26,31-36,39-40H2,1-4H3. The third-order valence-corrected chi connectivity index (χ3v) is 10.1. The minimum Gasteiger partial charge on any atom is -0.461 e. The van der Waals surface area contributed by atoms with Gasteiger partial charge in [0.15, 0.2) is 0 Å². The van der Waals surface area contributed by atoms with Crippen molar-refractivity contribution in [3.63, 3.8) is 0 Å². The summed E-state index contributed by atoms with van der Waals surface area (Å²) in [6.07, 6.45) is 26.7. The molecule has 2 aromatic rings. The Bertz CT molecular complexity index is 1090. The Morgan fingerprint density at radius 2 is 0.788 bits per heavy atom. The molecule has 6 heteroatoms. The smallest absolute Gasteiger partial charge is 0.306 e. The highest BCUT2D eigenvalue weighted by Gasteiger charge is 2.09. The number of ether oxygens (including phenoxy) is 2. The molecule has 6 nitrogen and oxygen atoms in total. The minimum atomic E-state index is -0.142. The summed E-state index contributed by atoms with van der Waals surface area (Å²) < 4.78 is 11.3. The molecule has 2 aromatic carbocycles. The fourth-order valence-electron chi connectivity index (χ4n) is 6.75. The lowest BCUT2D eigenvalue weighted by Gasteiger charge is -2.16. The highest BCUT2D eigenvalue weighted by molar-refractivity contribution is 5.70. The van der Waals surface area contributed by atoms with E-state index in [4.69, 9.17) is 9.47 Å². The summed E-state index contributed by atoms with van der Waals surface area (Å²) in [6.45, 7) is 9.11. The molecule has 0 aliphatic heterocycles. The molecule has 294 valence electrons. The van der Waals surface area contributed by atoms with E-state index >= 15 is 0 Å². The van der Waals surface area contributed by atoms with Gasteiger partial charge in [-0.25, -0.2) is 0 Å². The van der Waals surface area contributed by atoms with Crippen LogP contribution in [0.15, 0.2) is 48.5 Å². The van der Waals surface area contributed by atoms with Crippen LogP contribution in [0.5, 0.6) is 0 Å². The van der Waals surface area contributed by atoms with E-state index in [9.17, 15) is 9.59 Å². The van der Waals surface area contributed by atoms with Gasteiger partial charge in [0.1, 0.15) is 13.2 Å². The topological polar surface area (TPSA) is 59.1 Å². The first-order valence-electron chi connectivity index (χ1n) is 21.3. The molecule has 0 aliphatic rings. The third kappa shape index (κ3) is 23.8. The highest BCUT2D eigenvalue weighted by Crippen LogP contribution is 2.23. The van der Waals surface area contributed by atoms with Crippen LogP contribution in [0.4, 0.5) is 0 Å². The van der Waals surface area contributed by atoms with E-state index in [1.165, 1.54) is 116 Å². The first-order valence-corrected chi connectivity index (χ1v) is 21.3. The fourth-order valence-corrected chi connectivity index (χ4v) is 6.75. The van der Waals surface area contributed by atoms with E-state index < -0.39 is 0 Å². The number of esters is 2. The molecular formula is C46H76N2O4. The highest BCUT2D eigenvalue weighted by atomic mass is 16.5. The molecule has 0 radical (unpaired) electrons. The van der Waals surface area contributed by atoms with Crippen molar-refractivity contribution < 1.29 is 19.1 Å². The zero-order chi connectivity index (χ0) is 37.5. The van der Waals surface area contributed by atoms with Gasteiger partial charge in [0.05, 0.1) is 0 Å². The van der Waals surface area contributed by atoms with Gasteiger partial charge in [0, 0.05) is 12.8 Å². The first-order chi connectivity index (χ1) is 25.4. The molecule has 0 bridgehead atoms. The van der Waals surface area contributed by atoms with Crippen LogP contribution in [0.3, 0.4) is 0 Å². The first kappa shape index (κ1) is 45.5. The summed E-state index contributed by atoms with van der Waals surface area (Å²) in [5, 5.41) is 0. The average Bonchev–Trinajstić information content (AvgIpc) is 3.15. The largest absolute Gasteiger partial charge is 0.461 e. The second kappa shape index (κ2) is 30.7. The molecule has 0 aliphatic carbocycles. The molecule has 0 N–H and O–H groups in total. The Hall–Kier alpha value is -2.70. The maximum Gasteiger partial charge on any atom is 0.306 e. The number of hydrogen-bond acceptors (Lipinski definition) is 6. The van der Waals surface area contributed by atoms with E-state index in [0.717, 1.165) is 61.3 Å². The van der Waals surface area contributed by atoms with Crippen molar-refractivity contribution in [1.82, 2.24) is 9.80 Å². The third-order valence-electron chi connectivity index (χ3n) is 10.1. The summed E-state index contributed by atoms with van der Waals surface area (Å²) in [6, 6.07) is 16.3. The van der Waals surface area contributed by atoms with E-state index in [-0.39, 0.29) is 25.2 Å². The molecule has 0 amide bonds. The van der Waals surface area contributed by atoms with Crippen LogP contribution in [0.2, 0.25) is 0 Å². The van der Waals surface area contributed by atoms with Crippen LogP contribution in [-0.2, 0) is 32.3 Å². The van der Waals surface area contributed by atoms with Crippen molar-refractivity contribution in [3.8, 4) is 11.1 Å². The monoisotopic (exact) mass is 721 g/mol. The van der Waals surface area contributed by atoms with Gasteiger partial charge in [-0.3, -0.25) is 9.59 Å².